The second-order valence-electron chi connectivity index (χ2n) is 3.00. The number of rotatable bonds is 4. The monoisotopic (exact) mass is 401 g/mol. The Morgan fingerprint density at radius 2 is 2.38 bits per heavy atom. The molecule has 0 amide bonds. The SMILES string of the molecule is COC(=O)C(Br)CNc1ccc(F)cc1I. The number of carbonyl (C=O) groups excluding carboxylic acids is 1. The predicted molar refractivity (Wildman–Crippen MR) is 72.3 cm³/mol. The van der Waals surface area contributed by atoms with Crippen molar-refractivity contribution in [1.82, 2.24) is 0 Å². The molecule has 1 unspecified atom stereocenters. The average Bonchev–Trinajstić information content (AvgIpc) is 2.26. The van der Waals surface area contributed by atoms with Gasteiger partial charge in [-0.3, -0.25) is 4.79 Å². The highest BCUT2D eigenvalue weighted by Gasteiger charge is 2.14. The van der Waals surface area contributed by atoms with Gasteiger partial charge in [-0.05, 0) is 40.8 Å². The molecule has 0 heterocycles. The van der Waals surface area contributed by atoms with Crippen molar-refractivity contribution in [1.29, 1.82) is 0 Å². The third kappa shape index (κ3) is 3.89. The Hall–Kier alpha value is -0.370. The van der Waals surface area contributed by atoms with E-state index in [1.54, 1.807) is 6.07 Å². The number of halogens is 3. The predicted octanol–water partition coefficient (Wildman–Crippen LogP) is 2.78. The van der Waals surface area contributed by atoms with E-state index in [2.05, 4.69) is 26.0 Å². The van der Waals surface area contributed by atoms with E-state index in [9.17, 15) is 9.18 Å². The van der Waals surface area contributed by atoms with Gasteiger partial charge >= 0.3 is 5.97 Å². The Morgan fingerprint density at radius 1 is 1.69 bits per heavy atom. The van der Waals surface area contributed by atoms with Crippen LogP contribution in [-0.4, -0.2) is 24.5 Å². The van der Waals surface area contributed by atoms with Crippen LogP contribution in [-0.2, 0) is 9.53 Å². The molecule has 0 fully saturated rings. The molecule has 0 spiro atoms. The Morgan fingerprint density at radius 3 is 2.94 bits per heavy atom. The molecule has 0 aliphatic rings. The number of ether oxygens (including phenoxy) is 1. The lowest BCUT2D eigenvalue weighted by molar-refractivity contribution is -0.139. The zero-order chi connectivity index (χ0) is 12.1. The van der Waals surface area contributed by atoms with Crippen molar-refractivity contribution in [2.24, 2.45) is 0 Å². The molecule has 3 nitrogen and oxygen atoms in total. The zero-order valence-corrected chi connectivity index (χ0v) is 12.2. The highest BCUT2D eigenvalue weighted by Crippen LogP contribution is 2.19. The topological polar surface area (TPSA) is 38.3 Å². The van der Waals surface area contributed by atoms with E-state index in [1.165, 1.54) is 19.2 Å². The van der Waals surface area contributed by atoms with Crippen LogP contribution in [0.3, 0.4) is 0 Å². The number of esters is 1. The molecule has 0 saturated carbocycles. The summed E-state index contributed by atoms with van der Waals surface area (Å²) < 4.78 is 18.1. The molecule has 1 aromatic carbocycles. The van der Waals surface area contributed by atoms with Crippen molar-refractivity contribution in [2.45, 2.75) is 4.83 Å². The highest BCUT2D eigenvalue weighted by molar-refractivity contribution is 14.1. The quantitative estimate of drug-likeness (QED) is 0.479. The van der Waals surface area contributed by atoms with Gasteiger partial charge in [0.1, 0.15) is 10.6 Å². The normalized spacial score (nSPS) is 12.0. The van der Waals surface area contributed by atoms with E-state index in [4.69, 9.17) is 0 Å². The van der Waals surface area contributed by atoms with Crippen molar-refractivity contribution in [2.75, 3.05) is 19.0 Å². The maximum absolute atomic E-state index is 12.8. The fourth-order valence-corrected chi connectivity index (χ4v) is 2.06. The second-order valence-corrected chi connectivity index (χ2v) is 5.26. The molecule has 0 saturated heterocycles. The van der Waals surface area contributed by atoms with Crippen molar-refractivity contribution in [3.05, 3.63) is 27.6 Å². The molecule has 0 aliphatic carbocycles. The molecule has 6 heteroatoms. The fraction of sp³-hybridized carbons (Fsp3) is 0.300. The van der Waals surface area contributed by atoms with E-state index in [-0.39, 0.29) is 11.8 Å². The molecule has 0 radical (unpaired) electrons. The van der Waals surface area contributed by atoms with Crippen LogP contribution in [0.2, 0.25) is 0 Å². The van der Waals surface area contributed by atoms with E-state index >= 15 is 0 Å². The van der Waals surface area contributed by atoms with Crippen LogP contribution >= 0.6 is 38.5 Å². The summed E-state index contributed by atoms with van der Waals surface area (Å²) in [5, 5.41) is 3.03. The van der Waals surface area contributed by atoms with Crippen LogP contribution in [0.5, 0.6) is 0 Å². The molecular formula is C10H10BrFINO2. The third-order valence-electron chi connectivity index (χ3n) is 1.86. The van der Waals surface area contributed by atoms with E-state index < -0.39 is 4.83 Å². The third-order valence-corrected chi connectivity index (χ3v) is 3.45. The van der Waals surface area contributed by atoms with Crippen LogP contribution in [0.25, 0.3) is 0 Å². The molecule has 1 aromatic rings. The summed E-state index contributed by atoms with van der Waals surface area (Å²) in [6.45, 7) is 0.383. The minimum atomic E-state index is -0.418. The van der Waals surface area contributed by atoms with Gasteiger partial charge in [0.15, 0.2) is 0 Å². The number of hydrogen-bond donors (Lipinski definition) is 1. The van der Waals surface area contributed by atoms with Crippen LogP contribution < -0.4 is 5.32 Å². The Balaban J connectivity index is 2.58. The van der Waals surface area contributed by atoms with Crippen molar-refractivity contribution in [3.63, 3.8) is 0 Å². The van der Waals surface area contributed by atoms with Gasteiger partial charge in [-0.2, -0.15) is 0 Å². The Bertz CT molecular complexity index is 389. The number of anilines is 1. The van der Waals surface area contributed by atoms with Crippen LogP contribution in [0.4, 0.5) is 10.1 Å². The second kappa shape index (κ2) is 6.39. The molecule has 16 heavy (non-hydrogen) atoms. The summed E-state index contributed by atoms with van der Waals surface area (Å²) >= 11 is 5.21. The first-order chi connectivity index (χ1) is 7.54. The molecule has 88 valence electrons. The van der Waals surface area contributed by atoms with Crippen LogP contribution in [0.15, 0.2) is 18.2 Å². The summed E-state index contributed by atoms with van der Waals surface area (Å²) in [5.41, 5.74) is 0.787. The molecule has 0 bridgehead atoms. The first-order valence-electron chi connectivity index (χ1n) is 4.45. The minimum absolute atomic E-state index is 0.279. The summed E-state index contributed by atoms with van der Waals surface area (Å²) in [5.74, 6) is -0.622. The van der Waals surface area contributed by atoms with Crippen LogP contribution in [0.1, 0.15) is 0 Å². The summed E-state index contributed by atoms with van der Waals surface area (Å²) in [7, 11) is 1.33. The standard InChI is InChI=1S/C10H10BrFINO2/c1-16-10(15)7(11)5-14-9-3-2-6(12)4-8(9)13/h2-4,7,14H,5H2,1H3. The van der Waals surface area contributed by atoms with Crippen molar-refractivity contribution < 1.29 is 13.9 Å². The van der Waals surface area contributed by atoms with Crippen molar-refractivity contribution >= 4 is 50.2 Å². The van der Waals surface area contributed by atoms with Gasteiger partial charge in [0.2, 0.25) is 0 Å². The maximum Gasteiger partial charge on any atom is 0.321 e. The molecule has 1 rings (SSSR count). The lowest BCUT2D eigenvalue weighted by Gasteiger charge is -2.11. The number of carbonyl (C=O) groups is 1. The molecule has 0 aromatic heterocycles. The lowest BCUT2D eigenvalue weighted by Crippen LogP contribution is -2.24. The highest BCUT2D eigenvalue weighted by atomic mass is 127. The Kier molecular flexibility index (Phi) is 5.47. The minimum Gasteiger partial charge on any atom is -0.468 e. The van der Waals surface area contributed by atoms with E-state index in [1.807, 2.05) is 22.6 Å². The summed E-state index contributed by atoms with van der Waals surface area (Å²) in [6, 6.07) is 4.42. The van der Waals surface area contributed by atoms with Gasteiger partial charge in [-0.15, -0.1) is 0 Å². The largest absolute Gasteiger partial charge is 0.468 e. The van der Waals surface area contributed by atoms with Gasteiger partial charge in [0.25, 0.3) is 0 Å². The van der Waals surface area contributed by atoms with Gasteiger partial charge < -0.3 is 10.1 Å². The van der Waals surface area contributed by atoms with Gasteiger partial charge in [0, 0.05) is 15.8 Å². The molecule has 1 N–H and O–H groups in total. The molecule has 1 atom stereocenters. The molecular weight excluding hydrogens is 392 g/mol. The number of benzene rings is 1. The molecule has 0 aliphatic heterocycles. The summed E-state index contributed by atoms with van der Waals surface area (Å²) in [4.78, 5) is 10.7. The first kappa shape index (κ1) is 13.7. The van der Waals surface area contributed by atoms with Gasteiger partial charge in [-0.1, -0.05) is 15.9 Å². The van der Waals surface area contributed by atoms with E-state index in [0.717, 1.165) is 9.26 Å². The smallest absolute Gasteiger partial charge is 0.321 e. The number of hydrogen-bond acceptors (Lipinski definition) is 3. The maximum atomic E-state index is 12.8. The number of methoxy groups -OCH3 is 1. The number of alkyl halides is 1. The van der Waals surface area contributed by atoms with E-state index in [0.29, 0.717) is 6.54 Å². The summed E-state index contributed by atoms with van der Waals surface area (Å²) in [6.07, 6.45) is 0. The Labute approximate surface area is 115 Å². The number of nitrogens with one attached hydrogen (secondary N) is 1. The van der Waals surface area contributed by atoms with Gasteiger partial charge in [0.05, 0.1) is 7.11 Å². The lowest BCUT2D eigenvalue weighted by atomic mass is 10.3. The zero-order valence-electron chi connectivity index (χ0n) is 8.47. The van der Waals surface area contributed by atoms with Gasteiger partial charge in [-0.25, -0.2) is 4.39 Å². The van der Waals surface area contributed by atoms with Crippen molar-refractivity contribution in [3.8, 4) is 0 Å². The fourth-order valence-electron chi connectivity index (χ4n) is 1.04. The van der Waals surface area contributed by atoms with Crippen LogP contribution in [0, 0.1) is 9.39 Å². The first-order valence-corrected chi connectivity index (χ1v) is 6.45. The average molecular weight is 402 g/mol.